The molecule has 0 bridgehead atoms. The molecule has 0 aromatic heterocycles. The lowest BCUT2D eigenvalue weighted by Gasteiger charge is -2.35. The fourth-order valence-electron chi connectivity index (χ4n) is 2.50. The number of aryl methyl sites for hydroxylation is 1. The Morgan fingerprint density at radius 2 is 1.86 bits per heavy atom. The maximum absolute atomic E-state index is 12.4. The summed E-state index contributed by atoms with van der Waals surface area (Å²) in [5.41, 5.74) is 0.994. The molecule has 1 amide bonds. The highest BCUT2D eigenvalue weighted by Crippen LogP contribution is 2.18. The van der Waals surface area contributed by atoms with E-state index in [9.17, 15) is 9.59 Å². The standard InChI is InChI=1S/C16H22N2O4/c1-12-5-3-4-6-14(12)22-13(2)16(21)18-9-7-17(8-10-18)11-15(19)20/h3-6,13H,7-11H2,1-2H3,(H,19,20). The van der Waals surface area contributed by atoms with Gasteiger partial charge in [-0.15, -0.1) is 0 Å². The first-order chi connectivity index (χ1) is 10.5. The number of nitrogens with zero attached hydrogens (tertiary/aromatic N) is 2. The Kier molecular flexibility index (Phi) is 5.38. The van der Waals surface area contributed by atoms with Crippen LogP contribution in [0.15, 0.2) is 24.3 Å². The highest BCUT2D eigenvalue weighted by molar-refractivity contribution is 5.81. The number of carbonyl (C=O) groups excluding carboxylic acids is 1. The molecule has 1 atom stereocenters. The van der Waals surface area contributed by atoms with Crippen LogP contribution in [-0.4, -0.2) is 65.6 Å². The van der Waals surface area contributed by atoms with Crippen LogP contribution >= 0.6 is 0 Å². The van der Waals surface area contributed by atoms with E-state index in [0.29, 0.717) is 31.9 Å². The van der Waals surface area contributed by atoms with Crippen LogP contribution in [0.25, 0.3) is 0 Å². The molecule has 1 aromatic carbocycles. The van der Waals surface area contributed by atoms with Gasteiger partial charge >= 0.3 is 5.97 Å². The number of ether oxygens (including phenoxy) is 1. The van der Waals surface area contributed by atoms with Gasteiger partial charge in [0.05, 0.1) is 6.54 Å². The molecule has 0 saturated carbocycles. The molecule has 1 saturated heterocycles. The van der Waals surface area contributed by atoms with Crippen molar-refractivity contribution in [2.24, 2.45) is 0 Å². The number of para-hydroxylation sites is 1. The fourth-order valence-corrected chi connectivity index (χ4v) is 2.50. The van der Waals surface area contributed by atoms with E-state index in [1.54, 1.807) is 11.8 Å². The third-order valence-electron chi connectivity index (χ3n) is 3.79. The van der Waals surface area contributed by atoms with E-state index in [-0.39, 0.29) is 12.5 Å². The van der Waals surface area contributed by atoms with E-state index in [1.165, 1.54) is 0 Å². The topological polar surface area (TPSA) is 70.1 Å². The summed E-state index contributed by atoms with van der Waals surface area (Å²) in [4.78, 5) is 26.7. The quantitative estimate of drug-likeness (QED) is 0.878. The summed E-state index contributed by atoms with van der Waals surface area (Å²) < 4.78 is 5.75. The molecule has 0 spiro atoms. The van der Waals surface area contributed by atoms with Crippen LogP contribution in [0.3, 0.4) is 0 Å². The van der Waals surface area contributed by atoms with Gasteiger partial charge in [0.15, 0.2) is 6.10 Å². The average molecular weight is 306 g/mol. The van der Waals surface area contributed by atoms with Crippen LogP contribution in [0.1, 0.15) is 12.5 Å². The van der Waals surface area contributed by atoms with Gasteiger partial charge in [-0.25, -0.2) is 0 Å². The summed E-state index contributed by atoms with van der Waals surface area (Å²) >= 11 is 0. The molecule has 0 aliphatic carbocycles. The van der Waals surface area contributed by atoms with Gasteiger partial charge in [0.1, 0.15) is 5.75 Å². The average Bonchev–Trinajstić information content (AvgIpc) is 2.49. The first kappa shape index (κ1) is 16.3. The van der Waals surface area contributed by atoms with Gasteiger partial charge in [-0.2, -0.15) is 0 Å². The number of carbonyl (C=O) groups is 2. The van der Waals surface area contributed by atoms with Gasteiger partial charge in [-0.1, -0.05) is 18.2 Å². The zero-order chi connectivity index (χ0) is 16.1. The van der Waals surface area contributed by atoms with Crippen molar-refractivity contribution in [3.05, 3.63) is 29.8 Å². The smallest absolute Gasteiger partial charge is 0.317 e. The van der Waals surface area contributed by atoms with Gasteiger partial charge < -0.3 is 14.7 Å². The molecule has 120 valence electrons. The number of hydrogen-bond donors (Lipinski definition) is 1. The second-order valence-corrected chi connectivity index (χ2v) is 5.52. The van der Waals surface area contributed by atoms with Crippen molar-refractivity contribution in [1.29, 1.82) is 0 Å². The van der Waals surface area contributed by atoms with Crippen molar-refractivity contribution < 1.29 is 19.4 Å². The second-order valence-electron chi connectivity index (χ2n) is 5.52. The molecule has 6 nitrogen and oxygen atoms in total. The molecular weight excluding hydrogens is 284 g/mol. The maximum Gasteiger partial charge on any atom is 0.317 e. The Balaban J connectivity index is 1.87. The van der Waals surface area contributed by atoms with Gasteiger partial charge in [0.2, 0.25) is 0 Å². The minimum absolute atomic E-state index is 0.0251. The Morgan fingerprint density at radius 1 is 1.23 bits per heavy atom. The van der Waals surface area contributed by atoms with Gasteiger partial charge in [0, 0.05) is 26.2 Å². The van der Waals surface area contributed by atoms with Gasteiger partial charge in [-0.3, -0.25) is 14.5 Å². The van der Waals surface area contributed by atoms with E-state index in [1.807, 2.05) is 36.1 Å². The minimum atomic E-state index is -0.837. The van der Waals surface area contributed by atoms with Crippen molar-refractivity contribution in [2.45, 2.75) is 20.0 Å². The molecule has 1 aliphatic heterocycles. The SMILES string of the molecule is Cc1ccccc1OC(C)C(=O)N1CCN(CC(=O)O)CC1. The van der Waals surface area contributed by atoms with Crippen molar-refractivity contribution in [3.8, 4) is 5.75 Å². The summed E-state index contributed by atoms with van der Waals surface area (Å²) in [5.74, 6) is -0.179. The third kappa shape index (κ3) is 4.21. The van der Waals surface area contributed by atoms with Crippen molar-refractivity contribution in [2.75, 3.05) is 32.7 Å². The van der Waals surface area contributed by atoms with E-state index in [2.05, 4.69) is 0 Å². The number of amides is 1. The minimum Gasteiger partial charge on any atom is -0.481 e. The summed E-state index contributed by atoms with van der Waals surface area (Å²) in [6.45, 7) is 5.94. The summed E-state index contributed by atoms with van der Waals surface area (Å²) in [5, 5.41) is 8.78. The number of carboxylic acids is 1. The molecule has 1 heterocycles. The monoisotopic (exact) mass is 306 g/mol. The Hall–Kier alpha value is -2.08. The zero-order valence-corrected chi connectivity index (χ0v) is 13.0. The molecule has 22 heavy (non-hydrogen) atoms. The highest BCUT2D eigenvalue weighted by atomic mass is 16.5. The molecule has 6 heteroatoms. The highest BCUT2D eigenvalue weighted by Gasteiger charge is 2.26. The van der Waals surface area contributed by atoms with Crippen LogP contribution in [0.5, 0.6) is 5.75 Å². The van der Waals surface area contributed by atoms with E-state index < -0.39 is 12.1 Å². The second kappa shape index (κ2) is 7.26. The number of piperazine rings is 1. The molecule has 1 unspecified atom stereocenters. The molecule has 1 aromatic rings. The Labute approximate surface area is 130 Å². The summed E-state index contributed by atoms with van der Waals surface area (Å²) in [7, 11) is 0. The van der Waals surface area contributed by atoms with Crippen LogP contribution in [-0.2, 0) is 9.59 Å². The Morgan fingerprint density at radius 3 is 2.45 bits per heavy atom. The molecule has 0 radical (unpaired) electrons. The number of carboxylic acid groups (broad SMARTS) is 1. The lowest BCUT2D eigenvalue weighted by atomic mass is 10.2. The fraction of sp³-hybridized carbons (Fsp3) is 0.500. The zero-order valence-electron chi connectivity index (χ0n) is 13.0. The maximum atomic E-state index is 12.4. The van der Waals surface area contributed by atoms with Crippen molar-refractivity contribution >= 4 is 11.9 Å². The van der Waals surface area contributed by atoms with Gasteiger partial charge in [0.25, 0.3) is 5.91 Å². The first-order valence-electron chi connectivity index (χ1n) is 7.42. The predicted molar refractivity (Wildman–Crippen MR) is 81.9 cm³/mol. The van der Waals surface area contributed by atoms with Gasteiger partial charge in [-0.05, 0) is 25.5 Å². The normalized spacial score (nSPS) is 17.1. The van der Waals surface area contributed by atoms with Crippen LogP contribution in [0, 0.1) is 6.92 Å². The van der Waals surface area contributed by atoms with Crippen LogP contribution in [0.2, 0.25) is 0 Å². The summed E-state index contributed by atoms with van der Waals surface area (Å²) in [6, 6.07) is 7.60. The molecule has 1 aliphatic rings. The number of benzene rings is 1. The predicted octanol–water partition coefficient (Wildman–Crippen LogP) is 0.991. The number of hydrogen-bond acceptors (Lipinski definition) is 4. The molecule has 2 rings (SSSR count). The molecule has 1 N–H and O–H groups in total. The van der Waals surface area contributed by atoms with E-state index in [4.69, 9.17) is 9.84 Å². The summed E-state index contributed by atoms with van der Waals surface area (Å²) in [6.07, 6.45) is -0.549. The van der Waals surface area contributed by atoms with Crippen LogP contribution in [0.4, 0.5) is 0 Å². The largest absolute Gasteiger partial charge is 0.481 e. The lowest BCUT2D eigenvalue weighted by molar-refractivity contribution is -0.141. The Bertz CT molecular complexity index is 539. The van der Waals surface area contributed by atoms with E-state index in [0.717, 1.165) is 5.56 Å². The van der Waals surface area contributed by atoms with E-state index >= 15 is 0 Å². The first-order valence-corrected chi connectivity index (χ1v) is 7.42. The molecular formula is C16H22N2O4. The van der Waals surface area contributed by atoms with Crippen LogP contribution < -0.4 is 4.74 Å². The van der Waals surface area contributed by atoms with Crippen molar-refractivity contribution in [3.63, 3.8) is 0 Å². The number of rotatable bonds is 5. The molecule has 1 fully saturated rings. The number of aliphatic carboxylic acids is 1. The van der Waals surface area contributed by atoms with Crippen molar-refractivity contribution in [1.82, 2.24) is 9.80 Å². The third-order valence-corrected chi connectivity index (χ3v) is 3.79. The lowest BCUT2D eigenvalue weighted by Crippen LogP contribution is -2.52.